The summed E-state index contributed by atoms with van der Waals surface area (Å²) in [4.78, 5) is 2.51. The Morgan fingerprint density at radius 1 is 1.24 bits per heavy atom. The van der Waals surface area contributed by atoms with Crippen LogP contribution in [-0.4, -0.2) is 31.1 Å². The number of hydrogen-bond acceptors (Lipinski definition) is 2. The van der Waals surface area contributed by atoms with Crippen LogP contribution in [0, 0.1) is 0 Å². The van der Waals surface area contributed by atoms with Gasteiger partial charge in [0.05, 0.1) is 0 Å². The Morgan fingerprint density at radius 2 is 1.82 bits per heavy atom. The van der Waals surface area contributed by atoms with E-state index in [1.807, 2.05) is 12.1 Å². The molecule has 0 aliphatic carbocycles. The van der Waals surface area contributed by atoms with Gasteiger partial charge in [-0.05, 0) is 50.7 Å². The molecular formula is C13H20Cl2N2. The van der Waals surface area contributed by atoms with Crippen LogP contribution in [-0.2, 0) is 6.54 Å². The van der Waals surface area contributed by atoms with Gasteiger partial charge in [-0.25, -0.2) is 0 Å². The van der Waals surface area contributed by atoms with Crippen LogP contribution >= 0.6 is 24.0 Å². The third-order valence-electron chi connectivity index (χ3n) is 3.32. The highest BCUT2D eigenvalue weighted by atomic mass is 35.5. The molecule has 0 saturated carbocycles. The highest BCUT2D eigenvalue weighted by molar-refractivity contribution is 6.30. The van der Waals surface area contributed by atoms with Gasteiger partial charge < -0.3 is 5.32 Å². The van der Waals surface area contributed by atoms with Gasteiger partial charge in [0.2, 0.25) is 0 Å². The Hall–Kier alpha value is -0.280. The molecule has 0 radical (unpaired) electrons. The fourth-order valence-corrected chi connectivity index (χ4v) is 2.35. The van der Waals surface area contributed by atoms with Crippen molar-refractivity contribution >= 4 is 24.0 Å². The summed E-state index contributed by atoms with van der Waals surface area (Å²) in [5, 5.41) is 4.17. The Balaban J connectivity index is 0.00000144. The van der Waals surface area contributed by atoms with Gasteiger partial charge in [-0.2, -0.15) is 0 Å². The molecule has 0 bridgehead atoms. The second kappa shape index (κ2) is 7.22. The molecule has 1 heterocycles. The standard InChI is InChI=1S/C13H19ClN2.ClH/c1-15-13-6-8-16(9-7-13)10-11-2-4-12(14)5-3-11;/h2-5,13,15H,6-10H2,1H3;1H. The Bertz CT molecular complexity index is 319. The van der Waals surface area contributed by atoms with Gasteiger partial charge in [-0.15, -0.1) is 12.4 Å². The van der Waals surface area contributed by atoms with E-state index in [0.717, 1.165) is 11.6 Å². The van der Waals surface area contributed by atoms with Crippen LogP contribution in [0.2, 0.25) is 5.02 Å². The van der Waals surface area contributed by atoms with Crippen LogP contribution in [0.5, 0.6) is 0 Å². The smallest absolute Gasteiger partial charge is 0.0406 e. The summed E-state index contributed by atoms with van der Waals surface area (Å²) in [5.41, 5.74) is 1.35. The maximum Gasteiger partial charge on any atom is 0.0406 e. The van der Waals surface area contributed by atoms with Gasteiger partial charge in [0.25, 0.3) is 0 Å². The number of rotatable bonds is 3. The number of likely N-dealkylation sites (tertiary alicyclic amines) is 1. The van der Waals surface area contributed by atoms with E-state index >= 15 is 0 Å². The van der Waals surface area contributed by atoms with Crippen molar-refractivity contribution in [2.75, 3.05) is 20.1 Å². The second-order valence-electron chi connectivity index (χ2n) is 4.47. The first kappa shape index (κ1) is 14.8. The van der Waals surface area contributed by atoms with Crippen molar-refractivity contribution in [3.8, 4) is 0 Å². The number of benzene rings is 1. The summed E-state index contributed by atoms with van der Waals surface area (Å²) in [6.45, 7) is 3.43. The van der Waals surface area contributed by atoms with Gasteiger partial charge in [0.15, 0.2) is 0 Å². The highest BCUT2D eigenvalue weighted by Gasteiger charge is 2.17. The molecule has 0 unspecified atom stereocenters. The molecule has 96 valence electrons. The van der Waals surface area contributed by atoms with E-state index in [4.69, 9.17) is 11.6 Å². The van der Waals surface area contributed by atoms with Crippen LogP contribution in [0.25, 0.3) is 0 Å². The van der Waals surface area contributed by atoms with Gasteiger partial charge >= 0.3 is 0 Å². The van der Waals surface area contributed by atoms with Crippen LogP contribution in [0.3, 0.4) is 0 Å². The maximum absolute atomic E-state index is 5.87. The predicted molar refractivity (Wildman–Crippen MR) is 76.1 cm³/mol. The molecule has 1 aromatic carbocycles. The Kier molecular flexibility index (Phi) is 6.28. The zero-order valence-corrected chi connectivity index (χ0v) is 11.7. The molecule has 0 atom stereocenters. The predicted octanol–water partition coefficient (Wildman–Crippen LogP) is 2.95. The number of hydrogen-bond donors (Lipinski definition) is 1. The van der Waals surface area contributed by atoms with E-state index in [2.05, 4.69) is 29.4 Å². The quantitative estimate of drug-likeness (QED) is 0.912. The normalized spacial score (nSPS) is 17.8. The number of nitrogens with one attached hydrogen (secondary N) is 1. The number of nitrogens with zero attached hydrogens (tertiary/aromatic N) is 1. The summed E-state index contributed by atoms with van der Waals surface area (Å²) in [6, 6.07) is 8.88. The summed E-state index contributed by atoms with van der Waals surface area (Å²) < 4.78 is 0. The maximum atomic E-state index is 5.87. The second-order valence-corrected chi connectivity index (χ2v) is 4.90. The van der Waals surface area contributed by atoms with E-state index in [1.165, 1.54) is 31.5 Å². The lowest BCUT2D eigenvalue weighted by Crippen LogP contribution is -2.40. The van der Waals surface area contributed by atoms with Gasteiger partial charge in [0, 0.05) is 17.6 Å². The molecule has 1 fully saturated rings. The lowest BCUT2D eigenvalue weighted by molar-refractivity contribution is 0.194. The molecule has 17 heavy (non-hydrogen) atoms. The monoisotopic (exact) mass is 274 g/mol. The van der Waals surface area contributed by atoms with Crippen molar-refractivity contribution < 1.29 is 0 Å². The SMILES string of the molecule is CNC1CCN(Cc2ccc(Cl)cc2)CC1.Cl. The molecule has 1 N–H and O–H groups in total. The molecule has 0 spiro atoms. The molecule has 1 saturated heterocycles. The van der Waals surface area contributed by atoms with Crippen molar-refractivity contribution in [3.63, 3.8) is 0 Å². The van der Waals surface area contributed by atoms with Crippen molar-refractivity contribution in [2.24, 2.45) is 0 Å². The molecule has 1 aromatic rings. The molecule has 2 rings (SSSR count). The van der Waals surface area contributed by atoms with Crippen LogP contribution < -0.4 is 5.32 Å². The van der Waals surface area contributed by atoms with Crippen molar-refractivity contribution in [1.82, 2.24) is 10.2 Å². The largest absolute Gasteiger partial charge is 0.317 e. The van der Waals surface area contributed by atoms with Crippen LogP contribution in [0.15, 0.2) is 24.3 Å². The minimum atomic E-state index is 0. The average molecular weight is 275 g/mol. The first-order chi connectivity index (χ1) is 7.78. The first-order valence-corrected chi connectivity index (χ1v) is 6.30. The van der Waals surface area contributed by atoms with Gasteiger partial charge in [-0.1, -0.05) is 23.7 Å². The van der Waals surface area contributed by atoms with E-state index < -0.39 is 0 Å². The molecule has 1 aliphatic rings. The topological polar surface area (TPSA) is 15.3 Å². The third-order valence-corrected chi connectivity index (χ3v) is 3.57. The highest BCUT2D eigenvalue weighted by Crippen LogP contribution is 2.15. The Labute approximate surface area is 115 Å². The summed E-state index contributed by atoms with van der Waals surface area (Å²) in [6.07, 6.45) is 2.51. The lowest BCUT2D eigenvalue weighted by atomic mass is 10.0. The van der Waals surface area contributed by atoms with Crippen molar-refractivity contribution in [2.45, 2.75) is 25.4 Å². The molecule has 2 nitrogen and oxygen atoms in total. The third kappa shape index (κ3) is 4.47. The molecular weight excluding hydrogens is 255 g/mol. The van der Waals surface area contributed by atoms with Crippen LogP contribution in [0.1, 0.15) is 18.4 Å². The van der Waals surface area contributed by atoms with E-state index in [1.54, 1.807) is 0 Å². The van der Waals surface area contributed by atoms with Crippen LogP contribution in [0.4, 0.5) is 0 Å². The number of halogens is 2. The minimum Gasteiger partial charge on any atom is -0.317 e. The zero-order chi connectivity index (χ0) is 11.4. The zero-order valence-electron chi connectivity index (χ0n) is 10.2. The first-order valence-electron chi connectivity index (χ1n) is 5.92. The van der Waals surface area contributed by atoms with E-state index in [9.17, 15) is 0 Å². The average Bonchev–Trinajstić information content (AvgIpc) is 2.33. The van der Waals surface area contributed by atoms with E-state index in [-0.39, 0.29) is 12.4 Å². The molecule has 1 aliphatic heterocycles. The Morgan fingerprint density at radius 3 is 2.35 bits per heavy atom. The number of piperidine rings is 1. The molecule has 4 heteroatoms. The lowest BCUT2D eigenvalue weighted by Gasteiger charge is -2.31. The van der Waals surface area contributed by atoms with E-state index in [0.29, 0.717) is 6.04 Å². The van der Waals surface area contributed by atoms with Crippen molar-refractivity contribution in [1.29, 1.82) is 0 Å². The minimum absolute atomic E-state index is 0. The fourth-order valence-electron chi connectivity index (χ4n) is 2.23. The summed E-state index contributed by atoms with van der Waals surface area (Å²) >= 11 is 5.87. The summed E-state index contributed by atoms with van der Waals surface area (Å²) in [7, 11) is 2.06. The van der Waals surface area contributed by atoms with Crippen molar-refractivity contribution in [3.05, 3.63) is 34.9 Å². The summed E-state index contributed by atoms with van der Waals surface area (Å²) in [5.74, 6) is 0. The molecule has 0 aromatic heterocycles. The van der Waals surface area contributed by atoms with Gasteiger partial charge in [-0.3, -0.25) is 4.90 Å². The van der Waals surface area contributed by atoms with Gasteiger partial charge in [0.1, 0.15) is 0 Å². The fraction of sp³-hybridized carbons (Fsp3) is 0.538. The molecule has 0 amide bonds.